The summed E-state index contributed by atoms with van der Waals surface area (Å²) in [4.78, 5) is 39.7. The quantitative estimate of drug-likeness (QED) is 0.840. The smallest absolute Gasteiger partial charge is 0.306 e. The number of amides is 2. The van der Waals surface area contributed by atoms with Crippen molar-refractivity contribution in [2.75, 3.05) is 26.7 Å². The lowest BCUT2D eigenvalue weighted by atomic mass is 9.97. The molecule has 3 rings (SSSR count). The molecule has 0 spiro atoms. The number of carbonyl (C=O) groups excluding carboxylic acids is 2. The first-order chi connectivity index (χ1) is 13.8. The second-order valence-corrected chi connectivity index (χ2v) is 7.61. The monoisotopic (exact) mass is 397 g/mol. The highest BCUT2D eigenvalue weighted by Crippen LogP contribution is 2.22. The normalized spacial score (nSPS) is 14.7. The largest absolute Gasteiger partial charge is 0.481 e. The number of carboxylic acid groups (broad SMARTS) is 1. The van der Waals surface area contributed by atoms with E-state index >= 15 is 0 Å². The average molecular weight is 397 g/mol. The van der Waals surface area contributed by atoms with Gasteiger partial charge in [0.15, 0.2) is 0 Å². The maximum Gasteiger partial charge on any atom is 0.306 e. The van der Waals surface area contributed by atoms with Crippen molar-refractivity contribution in [2.24, 2.45) is 5.92 Å². The Morgan fingerprint density at radius 2 is 1.72 bits per heavy atom. The molecule has 1 N–H and O–H groups in total. The number of hydrogen-bond donors (Lipinski definition) is 1. The molecule has 2 aromatic rings. The van der Waals surface area contributed by atoms with E-state index in [1.54, 1.807) is 11.9 Å². The van der Waals surface area contributed by atoms with Gasteiger partial charge in [0.2, 0.25) is 5.91 Å². The Kier molecular flexibility index (Phi) is 6.06. The van der Waals surface area contributed by atoms with Crippen molar-refractivity contribution in [3.05, 3.63) is 53.3 Å². The molecule has 29 heavy (non-hydrogen) atoms. The molecule has 0 aliphatic carbocycles. The third-order valence-corrected chi connectivity index (χ3v) is 5.59. The number of likely N-dealkylation sites (tertiary alicyclic amines) is 1. The number of nitrogens with zero attached hydrogens (tertiary/aromatic N) is 3. The van der Waals surface area contributed by atoms with Gasteiger partial charge in [0.1, 0.15) is 0 Å². The number of carbonyl (C=O) groups is 3. The molecule has 1 aromatic carbocycles. The van der Waals surface area contributed by atoms with Gasteiger partial charge in [-0.3, -0.25) is 14.4 Å². The van der Waals surface area contributed by atoms with E-state index < -0.39 is 5.97 Å². The lowest BCUT2D eigenvalue weighted by Gasteiger charge is -2.31. The highest BCUT2D eigenvalue weighted by molar-refractivity contribution is 5.97. The van der Waals surface area contributed by atoms with Gasteiger partial charge in [-0.2, -0.15) is 0 Å². The number of hydrogen-bond acceptors (Lipinski definition) is 3. The van der Waals surface area contributed by atoms with Crippen LogP contribution in [-0.2, 0) is 9.59 Å². The Hall–Kier alpha value is -3.09. The van der Waals surface area contributed by atoms with Gasteiger partial charge in [-0.05, 0) is 44.9 Å². The number of aryl methyl sites for hydroxylation is 1. The zero-order valence-electron chi connectivity index (χ0n) is 17.1. The van der Waals surface area contributed by atoms with Crippen LogP contribution in [0.2, 0.25) is 0 Å². The van der Waals surface area contributed by atoms with Crippen molar-refractivity contribution < 1.29 is 19.5 Å². The molecule has 0 bridgehead atoms. The predicted octanol–water partition coefficient (Wildman–Crippen LogP) is 2.49. The summed E-state index contributed by atoms with van der Waals surface area (Å²) in [5.41, 5.74) is 3.35. The van der Waals surface area contributed by atoms with Crippen LogP contribution in [0.15, 0.2) is 36.4 Å². The first-order valence-electron chi connectivity index (χ1n) is 9.80. The lowest BCUT2D eigenvalue weighted by molar-refractivity contribution is -0.145. The van der Waals surface area contributed by atoms with Crippen molar-refractivity contribution >= 4 is 17.8 Å². The minimum Gasteiger partial charge on any atom is -0.481 e. The van der Waals surface area contributed by atoms with Crippen LogP contribution in [0.1, 0.15) is 34.6 Å². The van der Waals surface area contributed by atoms with Gasteiger partial charge in [-0.25, -0.2) is 0 Å². The third kappa shape index (κ3) is 4.34. The minimum absolute atomic E-state index is 0.0222. The van der Waals surface area contributed by atoms with Crippen LogP contribution in [0.4, 0.5) is 0 Å². The average Bonchev–Trinajstić information content (AvgIpc) is 3.01. The van der Waals surface area contributed by atoms with Crippen LogP contribution in [0.25, 0.3) is 5.69 Å². The van der Waals surface area contributed by atoms with E-state index in [1.165, 1.54) is 4.90 Å². The van der Waals surface area contributed by atoms with E-state index in [2.05, 4.69) is 0 Å². The van der Waals surface area contributed by atoms with Crippen molar-refractivity contribution in [3.63, 3.8) is 0 Å². The molecule has 1 saturated heterocycles. The van der Waals surface area contributed by atoms with Crippen molar-refractivity contribution in [1.29, 1.82) is 0 Å². The summed E-state index contributed by atoms with van der Waals surface area (Å²) in [6.07, 6.45) is 0.911. The van der Waals surface area contributed by atoms with Gasteiger partial charge in [0.25, 0.3) is 5.91 Å². The molecule has 0 radical (unpaired) electrons. The molecule has 1 aliphatic heterocycles. The van der Waals surface area contributed by atoms with E-state index in [9.17, 15) is 14.4 Å². The number of carboxylic acids is 1. The van der Waals surface area contributed by atoms with Crippen LogP contribution in [0, 0.1) is 19.8 Å². The molecule has 1 aromatic heterocycles. The van der Waals surface area contributed by atoms with Crippen molar-refractivity contribution in [1.82, 2.24) is 14.4 Å². The molecule has 7 heteroatoms. The number of aromatic nitrogens is 1. The minimum atomic E-state index is -0.807. The Bertz CT molecular complexity index is 912. The topological polar surface area (TPSA) is 82.8 Å². The summed E-state index contributed by atoms with van der Waals surface area (Å²) >= 11 is 0. The summed E-state index contributed by atoms with van der Waals surface area (Å²) in [6, 6.07) is 11.7. The van der Waals surface area contributed by atoms with Gasteiger partial charge >= 0.3 is 5.97 Å². The molecule has 1 aliphatic rings. The summed E-state index contributed by atoms with van der Waals surface area (Å²) in [6.45, 7) is 4.67. The molecule has 2 heterocycles. The summed E-state index contributed by atoms with van der Waals surface area (Å²) < 4.78 is 2.03. The second-order valence-electron chi connectivity index (χ2n) is 7.61. The summed E-state index contributed by atoms with van der Waals surface area (Å²) in [7, 11) is 1.62. The summed E-state index contributed by atoms with van der Waals surface area (Å²) in [5, 5.41) is 9.08. The standard InChI is InChI=1S/C22H27N3O4/c1-15-13-19(16(2)25(15)18-7-5-4-6-8-18)21(27)23(3)14-20(26)24-11-9-17(10-12-24)22(28)29/h4-8,13,17H,9-12,14H2,1-3H3,(H,28,29). The van der Waals surface area contributed by atoms with Gasteiger partial charge in [-0.15, -0.1) is 0 Å². The number of likely N-dealkylation sites (N-methyl/N-ethyl adjacent to an activating group) is 1. The van der Waals surface area contributed by atoms with E-state index in [4.69, 9.17) is 5.11 Å². The Balaban J connectivity index is 1.68. The zero-order chi connectivity index (χ0) is 21.1. The van der Waals surface area contributed by atoms with E-state index in [1.807, 2.05) is 54.8 Å². The highest BCUT2D eigenvalue weighted by atomic mass is 16.4. The highest BCUT2D eigenvalue weighted by Gasteiger charge is 2.28. The number of para-hydroxylation sites is 1. The maximum absolute atomic E-state index is 13.0. The third-order valence-electron chi connectivity index (χ3n) is 5.59. The van der Waals surface area contributed by atoms with Gasteiger partial charge in [0, 0.05) is 37.2 Å². The van der Waals surface area contributed by atoms with Gasteiger partial charge in [0.05, 0.1) is 18.0 Å². The molecule has 0 saturated carbocycles. The Morgan fingerprint density at radius 1 is 1.10 bits per heavy atom. The molecule has 0 atom stereocenters. The van der Waals surface area contributed by atoms with Crippen LogP contribution in [0.3, 0.4) is 0 Å². The van der Waals surface area contributed by atoms with E-state index in [-0.39, 0.29) is 24.3 Å². The van der Waals surface area contributed by atoms with E-state index in [0.717, 1.165) is 17.1 Å². The fraction of sp³-hybridized carbons (Fsp3) is 0.409. The molecule has 154 valence electrons. The SMILES string of the molecule is Cc1cc(C(=O)N(C)CC(=O)N2CCC(C(=O)O)CC2)c(C)n1-c1ccccc1. The molecule has 2 amide bonds. The number of piperidine rings is 1. The maximum atomic E-state index is 13.0. The van der Waals surface area contributed by atoms with Crippen LogP contribution >= 0.6 is 0 Å². The zero-order valence-corrected chi connectivity index (χ0v) is 17.1. The Labute approximate surface area is 170 Å². The first kappa shape index (κ1) is 20.6. The van der Waals surface area contributed by atoms with Crippen molar-refractivity contribution in [3.8, 4) is 5.69 Å². The van der Waals surface area contributed by atoms with Crippen molar-refractivity contribution in [2.45, 2.75) is 26.7 Å². The van der Waals surface area contributed by atoms with Crippen LogP contribution < -0.4 is 0 Å². The number of benzene rings is 1. The van der Waals surface area contributed by atoms with Gasteiger partial charge < -0.3 is 19.5 Å². The number of aliphatic carboxylic acids is 1. The first-order valence-corrected chi connectivity index (χ1v) is 9.80. The molecular formula is C22H27N3O4. The lowest BCUT2D eigenvalue weighted by Crippen LogP contribution is -2.45. The van der Waals surface area contributed by atoms with Gasteiger partial charge in [-0.1, -0.05) is 18.2 Å². The second kappa shape index (κ2) is 8.51. The molecular weight excluding hydrogens is 370 g/mol. The molecule has 7 nitrogen and oxygen atoms in total. The van der Waals surface area contributed by atoms with E-state index in [0.29, 0.717) is 31.5 Å². The van der Waals surface area contributed by atoms with Crippen LogP contribution in [0.5, 0.6) is 0 Å². The molecule has 1 fully saturated rings. The predicted molar refractivity (Wildman–Crippen MR) is 109 cm³/mol. The fourth-order valence-corrected chi connectivity index (χ4v) is 3.91. The summed E-state index contributed by atoms with van der Waals surface area (Å²) in [5.74, 6) is -1.55. The Morgan fingerprint density at radius 3 is 2.31 bits per heavy atom. The van der Waals surface area contributed by atoms with Crippen LogP contribution in [-0.4, -0.2) is 63.9 Å². The number of rotatable bonds is 5. The molecule has 0 unspecified atom stereocenters. The fourth-order valence-electron chi connectivity index (χ4n) is 3.91.